The van der Waals surface area contributed by atoms with Crippen molar-refractivity contribution in [3.63, 3.8) is 0 Å². The third kappa shape index (κ3) is 6.42. The summed E-state index contributed by atoms with van der Waals surface area (Å²) in [7, 11) is -2.46. The molecule has 0 saturated carbocycles. The van der Waals surface area contributed by atoms with E-state index in [1.165, 1.54) is 6.26 Å². The molecule has 0 aromatic carbocycles. The van der Waals surface area contributed by atoms with Crippen molar-refractivity contribution in [3.8, 4) is 0 Å². The first kappa shape index (κ1) is 8.42. The standard InChI is InChI=1S/C3H9NO2S2/c1-3-4-6-8(2,5)7/h4H,3H2,1-2H3/q+1. The second-order valence-corrected chi connectivity index (χ2v) is 4.68. The summed E-state index contributed by atoms with van der Waals surface area (Å²) in [6.07, 6.45) is 1.35. The van der Waals surface area contributed by atoms with Crippen LogP contribution in [0.4, 0.5) is 0 Å². The number of hydrogen-bond donors (Lipinski definition) is 1. The molecule has 0 spiro atoms. The summed E-state index contributed by atoms with van der Waals surface area (Å²) < 4.78 is 14.9. The number of rotatable bonds is 3. The van der Waals surface area contributed by atoms with Gasteiger partial charge in [-0.1, -0.05) is 15.4 Å². The first-order valence-electron chi connectivity index (χ1n) is 2.17. The van der Waals surface area contributed by atoms with Gasteiger partial charge in [0.25, 0.3) is 11.7 Å². The molecule has 1 N–H and O–H groups in total. The Labute approximate surface area is 55.2 Å². The Morgan fingerprint density at radius 3 is 2.50 bits per heavy atom. The minimum atomic E-state index is -2.46. The highest BCUT2D eigenvalue weighted by atomic mass is 33.1. The van der Waals surface area contributed by atoms with Crippen LogP contribution in [0.25, 0.3) is 0 Å². The maximum atomic E-state index is 10.5. The van der Waals surface area contributed by atoms with Crippen LogP contribution in [0.5, 0.6) is 0 Å². The van der Waals surface area contributed by atoms with Gasteiger partial charge in [-0.2, -0.15) is 5.48 Å². The van der Waals surface area contributed by atoms with Crippen LogP contribution < -0.4 is 5.48 Å². The van der Waals surface area contributed by atoms with Gasteiger partial charge in [-0.3, -0.25) is 0 Å². The summed E-state index contributed by atoms with van der Waals surface area (Å²) in [4.78, 5) is 0. The van der Waals surface area contributed by atoms with Crippen LogP contribution in [0.2, 0.25) is 0 Å². The fraction of sp³-hybridized carbons (Fsp3) is 1.00. The molecule has 0 bridgehead atoms. The van der Waals surface area contributed by atoms with Gasteiger partial charge in [0.15, 0.2) is 0 Å². The van der Waals surface area contributed by atoms with E-state index in [0.717, 1.165) is 0 Å². The van der Waals surface area contributed by atoms with Gasteiger partial charge in [0.2, 0.25) is 0 Å². The molecule has 3 nitrogen and oxygen atoms in total. The molecule has 0 aliphatic heterocycles. The van der Waals surface area contributed by atoms with Crippen LogP contribution in [0.15, 0.2) is 0 Å². The summed E-state index contributed by atoms with van der Waals surface area (Å²) in [5.74, 6) is 0. The number of hydroxylamine groups is 1. The van der Waals surface area contributed by atoms with Crippen LogP contribution in [-0.4, -0.2) is 12.8 Å². The Hall–Kier alpha value is 0.420. The molecular weight excluding hydrogens is 146 g/mol. The van der Waals surface area contributed by atoms with Gasteiger partial charge in [0.05, 0.1) is 0 Å². The van der Waals surface area contributed by atoms with Crippen molar-refractivity contribution in [2.45, 2.75) is 6.92 Å². The molecule has 0 fully saturated rings. The number of hydrogen-bond acceptors (Lipinski definition) is 3. The molecule has 0 rings (SSSR count). The maximum absolute atomic E-state index is 10.5. The molecule has 0 amide bonds. The minimum absolute atomic E-state index is 0.613. The summed E-state index contributed by atoms with van der Waals surface area (Å²) in [5.41, 5.74) is 2.41. The van der Waals surface area contributed by atoms with E-state index in [-0.39, 0.29) is 0 Å². The molecule has 0 aromatic heterocycles. The molecule has 1 unspecified atom stereocenters. The van der Waals surface area contributed by atoms with Crippen LogP contribution >= 0.6 is 11.7 Å². The zero-order valence-electron chi connectivity index (χ0n) is 4.84. The highest BCUT2D eigenvalue weighted by molar-refractivity contribution is 8.66. The molecule has 8 heavy (non-hydrogen) atoms. The third-order valence-corrected chi connectivity index (χ3v) is 0.979. The number of nitrogens with one attached hydrogen (secondary N) is 1. The van der Waals surface area contributed by atoms with Crippen molar-refractivity contribution in [1.29, 1.82) is 0 Å². The van der Waals surface area contributed by atoms with E-state index >= 15 is 0 Å². The molecule has 0 heterocycles. The predicted molar refractivity (Wildman–Crippen MR) is 36.3 cm³/mol. The molecule has 0 aliphatic rings. The molecule has 0 aliphatic carbocycles. The normalized spacial score (nSPS) is 17.9. The quantitative estimate of drug-likeness (QED) is 0.370. The summed E-state index contributed by atoms with van der Waals surface area (Å²) in [6.45, 7) is 2.45. The monoisotopic (exact) mass is 155 g/mol. The van der Waals surface area contributed by atoms with Crippen LogP contribution in [0.3, 0.4) is 0 Å². The third-order valence-electron chi connectivity index (χ3n) is 0.355. The lowest BCUT2D eigenvalue weighted by Gasteiger charge is -1.94. The van der Waals surface area contributed by atoms with Gasteiger partial charge in [-0.25, -0.2) is 0 Å². The second kappa shape index (κ2) is 3.45. The van der Waals surface area contributed by atoms with E-state index in [1.54, 1.807) is 0 Å². The first-order valence-corrected chi connectivity index (χ1v) is 4.99. The molecule has 1 atom stereocenters. The molecule has 0 saturated heterocycles. The van der Waals surface area contributed by atoms with E-state index in [0.29, 0.717) is 6.54 Å². The van der Waals surface area contributed by atoms with Crippen LogP contribution in [-0.2, 0) is 17.7 Å². The summed E-state index contributed by atoms with van der Waals surface area (Å²) >= 11 is 4.39. The Bertz CT molecular complexity index is 99.5. The van der Waals surface area contributed by atoms with Crippen molar-refractivity contribution >= 4 is 20.9 Å². The largest absolute Gasteiger partial charge is 0.311 e. The van der Waals surface area contributed by atoms with Gasteiger partial charge in [0.1, 0.15) is 6.26 Å². The van der Waals surface area contributed by atoms with E-state index < -0.39 is 9.25 Å². The Balaban J connectivity index is 3.26. The smallest absolute Gasteiger partial charge is 0.150 e. The molecule has 5 heteroatoms. The van der Waals surface area contributed by atoms with Gasteiger partial charge >= 0.3 is 9.25 Å². The molecule has 0 aromatic rings. The van der Waals surface area contributed by atoms with Crippen molar-refractivity contribution in [2.75, 3.05) is 12.8 Å². The van der Waals surface area contributed by atoms with E-state index in [4.69, 9.17) is 0 Å². The van der Waals surface area contributed by atoms with Crippen molar-refractivity contribution in [1.82, 2.24) is 5.48 Å². The highest BCUT2D eigenvalue weighted by Crippen LogP contribution is 2.03. The Morgan fingerprint density at radius 2 is 2.38 bits per heavy atom. The van der Waals surface area contributed by atoms with Crippen molar-refractivity contribution in [3.05, 3.63) is 0 Å². The zero-order chi connectivity index (χ0) is 6.62. The fourth-order valence-corrected chi connectivity index (χ4v) is 0.642. The topological polar surface area (TPSA) is 38.3 Å². The van der Waals surface area contributed by atoms with Crippen LogP contribution in [0, 0.1) is 0 Å². The maximum Gasteiger partial charge on any atom is 0.311 e. The highest BCUT2D eigenvalue weighted by Gasteiger charge is 2.17. The Kier molecular flexibility index (Phi) is 3.63. The van der Waals surface area contributed by atoms with Gasteiger partial charge in [0, 0.05) is 6.54 Å². The molecular formula is C3H9NO2S2+. The van der Waals surface area contributed by atoms with Gasteiger partial charge in [-0.05, 0) is 0 Å². The van der Waals surface area contributed by atoms with Crippen molar-refractivity contribution < 1.29 is 8.49 Å². The lowest BCUT2D eigenvalue weighted by atomic mass is 10.8. The predicted octanol–water partition coefficient (Wildman–Crippen LogP) is 0.684. The van der Waals surface area contributed by atoms with E-state index in [2.05, 4.69) is 21.4 Å². The van der Waals surface area contributed by atoms with Crippen LogP contribution in [0.1, 0.15) is 6.92 Å². The SMILES string of the molecule is CCNO[S+](C)(=O)[S]. The lowest BCUT2D eigenvalue weighted by Crippen LogP contribution is -2.19. The fourth-order valence-electron chi connectivity index (χ4n) is 0.166. The lowest BCUT2D eigenvalue weighted by molar-refractivity contribution is 0.225. The average molecular weight is 155 g/mol. The first-order chi connectivity index (χ1) is 3.56. The van der Waals surface area contributed by atoms with Gasteiger partial charge in [-0.15, -0.1) is 0 Å². The molecule has 49 valence electrons. The average Bonchev–Trinajstić information content (AvgIpc) is 1.59. The van der Waals surface area contributed by atoms with Crippen molar-refractivity contribution in [2.24, 2.45) is 0 Å². The van der Waals surface area contributed by atoms with E-state index in [9.17, 15) is 4.21 Å². The zero-order valence-corrected chi connectivity index (χ0v) is 6.47. The summed E-state index contributed by atoms with van der Waals surface area (Å²) in [6, 6.07) is 0. The summed E-state index contributed by atoms with van der Waals surface area (Å²) in [5, 5.41) is 0. The Morgan fingerprint density at radius 1 is 1.88 bits per heavy atom. The second-order valence-electron chi connectivity index (χ2n) is 1.29. The van der Waals surface area contributed by atoms with E-state index in [1.807, 2.05) is 6.92 Å². The van der Waals surface area contributed by atoms with Gasteiger partial charge < -0.3 is 0 Å². The minimum Gasteiger partial charge on any atom is -0.150 e. The molecule has 1 radical (unpaired) electrons.